The van der Waals surface area contributed by atoms with Gasteiger partial charge in [-0.2, -0.15) is 18.3 Å². The van der Waals surface area contributed by atoms with Crippen molar-refractivity contribution in [1.29, 1.82) is 0 Å². The average Bonchev–Trinajstić information content (AvgIpc) is 3.12. The molecule has 5 nitrogen and oxygen atoms in total. The van der Waals surface area contributed by atoms with Crippen molar-refractivity contribution in [2.45, 2.75) is 31.7 Å². The van der Waals surface area contributed by atoms with Gasteiger partial charge in [0, 0.05) is 12.2 Å². The van der Waals surface area contributed by atoms with E-state index in [4.69, 9.17) is 0 Å². The second-order valence-corrected chi connectivity index (χ2v) is 5.88. The van der Waals surface area contributed by atoms with Crippen LogP contribution in [0.2, 0.25) is 0 Å². The van der Waals surface area contributed by atoms with E-state index >= 15 is 0 Å². The minimum Gasteiger partial charge on any atom is -0.391 e. The number of nitrogens with one attached hydrogen (secondary N) is 1. The molecule has 24 heavy (non-hydrogen) atoms. The topological polar surface area (TPSA) is 69.2 Å². The highest BCUT2D eigenvalue weighted by atomic mass is 19.4. The third-order valence-electron chi connectivity index (χ3n) is 4.09. The summed E-state index contributed by atoms with van der Waals surface area (Å²) in [5, 5.41) is 16.4. The smallest absolute Gasteiger partial charge is 0.391 e. The molecule has 2 N–H and O–H groups in total. The number of nitrogens with zero attached hydrogens (tertiary/aromatic N) is 2. The number of alkyl halides is 3. The van der Waals surface area contributed by atoms with Crippen LogP contribution in [0.15, 0.2) is 30.3 Å². The van der Waals surface area contributed by atoms with Crippen molar-refractivity contribution in [3.8, 4) is 0 Å². The van der Waals surface area contributed by atoms with Gasteiger partial charge in [-0.25, -0.2) is 0 Å². The fourth-order valence-electron chi connectivity index (χ4n) is 3.05. The number of hydrogen-bond acceptors (Lipinski definition) is 3. The number of aliphatic hydroxyl groups is 1. The first-order valence-electron chi connectivity index (χ1n) is 7.44. The Kier molecular flexibility index (Phi) is 4.08. The molecule has 0 spiro atoms. The number of amides is 1. The molecule has 2 aromatic rings. The van der Waals surface area contributed by atoms with Crippen LogP contribution in [0, 0.1) is 6.92 Å². The quantitative estimate of drug-likeness (QED) is 0.884. The number of carbonyl (C=O) groups excluding carboxylic acids is 1. The van der Waals surface area contributed by atoms with E-state index in [9.17, 15) is 23.1 Å². The standard InChI is InChI=1S/C16H16F3N3O2/c1-9-6-13(21-20-9)15(24)22-8-10(23)7-14(22)11-4-2-3-5-12(11)16(17,18)19/h2-6,10,14,23H,7-8H2,1H3,(H,20,21)/t10-,14+/m1/s1. The maximum absolute atomic E-state index is 13.3. The molecular formula is C16H16F3N3O2. The number of aromatic nitrogens is 2. The third-order valence-corrected chi connectivity index (χ3v) is 4.09. The van der Waals surface area contributed by atoms with Gasteiger partial charge in [-0.15, -0.1) is 0 Å². The van der Waals surface area contributed by atoms with E-state index < -0.39 is 29.8 Å². The summed E-state index contributed by atoms with van der Waals surface area (Å²) < 4.78 is 39.8. The van der Waals surface area contributed by atoms with Crippen molar-refractivity contribution >= 4 is 5.91 Å². The van der Waals surface area contributed by atoms with Crippen LogP contribution in [0.1, 0.15) is 39.8 Å². The summed E-state index contributed by atoms with van der Waals surface area (Å²) in [6.45, 7) is 1.70. The van der Waals surface area contributed by atoms with Crippen molar-refractivity contribution in [2.24, 2.45) is 0 Å². The van der Waals surface area contributed by atoms with Crippen LogP contribution in [0.3, 0.4) is 0 Å². The van der Waals surface area contributed by atoms with Crippen LogP contribution in [-0.2, 0) is 6.18 Å². The molecular weight excluding hydrogens is 323 g/mol. The Bertz CT molecular complexity index is 757. The number of β-amino-alcohol motifs (C(OH)–C–C–N with tert-alkyl or cyclic N) is 1. The van der Waals surface area contributed by atoms with Crippen molar-refractivity contribution in [3.63, 3.8) is 0 Å². The molecule has 1 saturated heterocycles. The lowest BCUT2D eigenvalue weighted by Crippen LogP contribution is -2.33. The normalized spacial score (nSPS) is 21.3. The summed E-state index contributed by atoms with van der Waals surface area (Å²) in [4.78, 5) is 13.9. The molecule has 1 aromatic carbocycles. The van der Waals surface area contributed by atoms with E-state index in [0.717, 1.165) is 6.07 Å². The number of likely N-dealkylation sites (tertiary alicyclic amines) is 1. The molecule has 0 aliphatic carbocycles. The van der Waals surface area contributed by atoms with E-state index in [1.165, 1.54) is 29.2 Å². The SMILES string of the molecule is Cc1cc(C(=O)N2C[C@H](O)C[C@H]2c2ccccc2C(F)(F)F)n[nH]1. The zero-order valence-electron chi connectivity index (χ0n) is 12.8. The van der Waals surface area contributed by atoms with E-state index in [-0.39, 0.29) is 24.2 Å². The predicted molar refractivity (Wildman–Crippen MR) is 79.2 cm³/mol. The Morgan fingerprint density at radius 1 is 1.38 bits per heavy atom. The van der Waals surface area contributed by atoms with Crippen LogP contribution < -0.4 is 0 Å². The van der Waals surface area contributed by atoms with Crippen LogP contribution >= 0.6 is 0 Å². The molecule has 0 bridgehead atoms. The Labute approximate surface area is 136 Å². The summed E-state index contributed by atoms with van der Waals surface area (Å²) in [5.74, 6) is -0.502. The van der Waals surface area contributed by atoms with Crippen molar-refractivity contribution in [2.75, 3.05) is 6.54 Å². The molecule has 1 fully saturated rings. The maximum atomic E-state index is 13.3. The Balaban J connectivity index is 1.99. The van der Waals surface area contributed by atoms with Gasteiger partial charge in [0.15, 0.2) is 0 Å². The molecule has 1 aromatic heterocycles. The monoisotopic (exact) mass is 339 g/mol. The lowest BCUT2D eigenvalue weighted by atomic mass is 9.97. The number of rotatable bonds is 2. The predicted octanol–water partition coefficient (Wildman–Crippen LogP) is 2.69. The van der Waals surface area contributed by atoms with Crippen LogP contribution in [0.25, 0.3) is 0 Å². The molecule has 8 heteroatoms. The van der Waals surface area contributed by atoms with E-state index in [1.54, 1.807) is 6.92 Å². The van der Waals surface area contributed by atoms with Crippen LogP contribution in [0.5, 0.6) is 0 Å². The lowest BCUT2D eigenvalue weighted by molar-refractivity contribution is -0.138. The molecule has 2 atom stereocenters. The van der Waals surface area contributed by atoms with Gasteiger partial charge < -0.3 is 10.0 Å². The molecule has 1 aliphatic heterocycles. The summed E-state index contributed by atoms with van der Waals surface area (Å²) in [6, 6.07) is 5.82. The number of aryl methyl sites for hydroxylation is 1. The number of aliphatic hydroxyl groups excluding tert-OH is 1. The first-order valence-corrected chi connectivity index (χ1v) is 7.44. The summed E-state index contributed by atoms with van der Waals surface area (Å²) in [5.41, 5.74) is -0.0105. The van der Waals surface area contributed by atoms with Crippen molar-refractivity contribution in [3.05, 3.63) is 52.8 Å². The molecule has 0 saturated carbocycles. The number of benzene rings is 1. The minimum atomic E-state index is -4.53. The van der Waals surface area contributed by atoms with Crippen LogP contribution in [-0.4, -0.2) is 38.8 Å². The fourth-order valence-corrected chi connectivity index (χ4v) is 3.05. The maximum Gasteiger partial charge on any atom is 0.416 e. The van der Waals surface area contributed by atoms with Gasteiger partial charge in [-0.05, 0) is 31.0 Å². The lowest BCUT2D eigenvalue weighted by Gasteiger charge is -2.26. The first kappa shape index (κ1) is 16.5. The van der Waals surface area contributed by atoms with Gasteiger partial charge in [-0.3, -0.25) is 9.89 Å². The Morgan fingerprint density at radius 2 is 2.08 bits per heavy atom. The van der Waals surface area contributed by atoms with E-state index in [1.807, 2.05) is 0 Å². The van der Waals surface area contributed by atoms with Gasteiger partial charge in [0.2, 0.25) is 0 Å². The van der Waals surface area contributed by atoms with Crippen molar-refractivity contribution in [1.82, 2.24) is 15.1 Å². The second kappa shape index (κ2) is 5.94. The number of H-pyrrole nitrogens is 1. The van der Waals surface area contributed by atoms with E-state index in [0.29, 0.717) is 5.69 Å². The Morgan fingerprint density at radius 3 is 2.71 bits per heavy atom. The molecule has 1 aliphatic rings. The summed E-state index contributed by atoms with van der Waals surface area (Å²) in [6.07, 6.45) is -5.34. The molecule has 2 heterocycles. The largest absolute Gasteiger partial charge is 0.416 e. The van der Waals surface area contributed by atoms with Gasteiger partial charge >= 0.3 is 6.18 Å². The van der Waals surface area contributed by atoms with Gasteiger partial charge in [-0.1, -0.05) is 18.2 Å². The summed E-state index contributed by atoms with van der Waals surface area (Å²) in [7, 11) is 0. The molecule has 0 unspecified atom stereocenters. The molecule has 3 rings (SSSR count). The third kappa shape index (κ3) is 3.01. The zero-order valence-corrected chi connectivity index (χ0v) is 12.8. The minimum absolute atomic E-state index is 0.0119. The van der Waals surface area contributed by atoms with E-state index in [2.05, 4.69) is 10.2 Å². The molecule has 0 radical (unpaired) electrons. The van der Waals surface area contributed by atoms with Gasteiger partial charge in [0.05, 0.1) is 17.7 Å². The van der Waals surface area contributed by atoms with Gasteiger partial charge in [0.25, 0.3) is 5.91 Å². The number of hydrogen-bond donors (Lipinski definition) is 2. The van der Waals surface area contributed by atoms with Gasteiger partial charge in [0.1, 0.15) is 5.69 Å². The zero-order chi connectivity index (χ0) is 17.5. The number of carbonyl (C=O) groups is 1. The van der Waals surface area contributed by atoms with Crippen LogP contribution in [0.4, 0.5) is 13.2 Å². The highest BCUT2D eigenvalue weighted by molar-refractivity contribution is 5.93. The number of aromatic amines is 1. The second-order valence-electron chi connectivity index (χ2n) is 5.88. The number of halogens is 3. The average molecular weight is 339 g/mol. The molecule has 128 valence electrons. The fraction of sp³-hybridized carbons (Fsp3) is 0.375. The summed E-state index contributed by atoms with van der Waals surface area (Å²) >= 11 is 0. The highest BCUT2D eigenvalue weighted by Crippen LogP contribution is 2.40. The van der Waals surface area contributed by atoms with Crippen molar-refractivity contribution < 1.29 is 23.1 Å². The molecule has 1 amide bonds. The Hall–Kier alpha value is -2.35. The highest BCUT2D eigenvalue weighted by Gasteiger charge is 2.41. The first-order chi connectivity index (χ1) is 11.3.